The van der Waals surface area contributed by atoms with E-state index in [0.717, 1.165) is 10.4 Å². The van der Waals surface area contributed by atoms with Crippen LogP contribution in [0.2, 0.25) is 0 Å². The van der Waals surface area contributed by atoms with Crippen LogP contribution in [0, 0.1) is 12.7 Å². The van der Waals surface area contributed by atoms with Crippen molar-refractivity contribution in [2.45, 2.75) is 24.8 Å². The van der Waals surface area contributed by atoms with Crippen LogP contribution in [0.25, 0.3) is 0 Å². The average Bonchev–Trinajstić information content (AvgIpc) is 2.26. The molecule has 0 amide bonds. The highest BCUT2D eigenvalue weighted by Gasteiger charge is 2.28. The van der Waals surface area contributed by atoms with Crippen molar-refractivity contribution in [3.8, 4) is 0 Å². The second-order valence-corrected chi connectivity index (χ2v) is 5.93. The Balaban J connectivity index is 0.00000289. The first kappa shape index (κ1) is 17.3. The molecule has 7 heteroatoms. The number of hydrogen-bond donors (Lipinski definition) is 1. The van der Waals surface area contributed by atoms with Crippen molar-refractivity contribution in [3.63, 3.8) is 0 Å². The molecule has 0 aromatic heterocycles. The van der Waals surface area contributed by atoms with Crippen LogP contribution >= 0.6 is 12.4 Å². The topological polar surface area (TPSA) is 63.4 Å². The van der Waals surface area contributed by atoms with Gasteiger partial charge in [0.05, 0.1) is 0 Å². The zero-order chi connectivity index (χ0) is 13.2. The summed E-state index contributed by atoms with van der Waals surface area (Å²) in [5.74, 6) is -0.735. The van der Waals surface area contributed by atoms with Gasteiger partial charge in [-0.15, -0.1) is 12.4 Å². The summed E-state index contributed by atoms with van der Waals surface area (Å²) in [6.07, 6.45) is 0. The van der Waals surface area contributed by atoms with Crippen molar-refractivity contribution >= 4 is 22.4 Å². The Kier molecular flexibility index (Phi) is 6.22. The third-order valence-corrected chi connectivity index (χ3v) is 4.91. The zero-order valence-corrected chi connectivity index (χ0v) is 12.2. The van der Waals surface area contributed by atoms with Crippen molar-refractivity contribution in [2.24, 2.45) is 5.73 Å². The summed E-state index contributed by atoms with van der Waals surface area (Å²) in [7, 11) is -2.43. The molecule has 1 aromatic rings. The van der Waals surface area contributed by atoms with E-state index in [2.05, 4.69) is 0 Å². The maximum absolute atomic E-state index is 13.6. The molecule has 1 atom stereocenters. The van der Waals surface area contributed by atoms with Gasteiger partial charge in [-0.25, -0.2) is 12.8 Å². The molecule has 0 heterocycles. The van der Waals surface area contributed by atoms with Crippen LogP contribution in [-0.2, 0) is 10.0 Å². The smallest absolute Gasteiger partial charge is 0.246 e. The molecule has 0 spiro atoms. The van der Waals surface area contributed by atoms with E-state index in [4.69, 9.17) is 5.73 Å². The van der Waals surface area contributed by atoms with E-state index >= 15 is 0 Å². The number of halogens is 2. The van der Waals surface area contributed by atoms with Gasteiger partial charge in [-0.1, -0.05) is 12.1 Å². The molecule has 1 aromatic carbocycles. The van der Waals surface area contributed by atoms with Crippen LogP contribution in [0.15, 0.2) is 23.1 Å². The Bertz CT molecular complexity index is 488. The van der Waals surface area contributed by atoms with Crippen molar-refractivity contribution < 1.29 is 12.8 Å². The lowest BCUT2D eigenvalue weighted by atomic mass is 10.2. The van der Waals surface area contributed by atoms with Crippen molar-refractivity contribution in [2.75, 3.05) is 13.6 Å². The molecule has 1 rings (SSSR count). The Morgan fingerprint density at radius 2 is 2.00 bits per heavy atom. The molecule has 18 heavy (non-hydrogen) atoms. The van der Waals surface area contributed by atoms with Gasteiger partial charge in [-0.05, 0) is 25.5 Å². The highest BCUT2D eigenvalue weighted by Crippen LogP contribution is 2.23. The van der Waals surface area contributed by atoms with Crippen LogP contribution in [-0.4, -0.2) is 32.4 Å². The summed E-state index contributed by atoms with van der Waals surface area (Å²) in [6, 6.07) is 3.81. The normalized spacial score (nSPS) is 13.2. The molecule has 0 bridgehead atoms. The SMILES string of the molecule is Cc1cccc(F)c1S(=O)(=O)N(C)C(C)CN.Cl. The molecule has 0 aliphatic rings. The largest absolute Gasteiger partial charge is 0.329 e. The molecule has 4 nitrogen and oxygen atoms in total. The van der Waals surface area contributed by atoms with Gasteiger partial charge < -0.3 is 5.73 Å². The van der Waals surface area contributed by atoms with E-state index in [1.54, 1.807) is 19.9 Å². The molecule has 0 radical (unpaired) electrons. The van der Waals surface area contributed by atoms with E-state index in [1.807, 2.05) is 0 Å². The predicted octanol–water partition coefficient (Wildman–Crippen LogP) is 1.52. The van der Waals surface area contributed by atoms with Crippen molar-refractivity contribution in [1.29, 1.82) is 0 Å². The molecular weight excluding hydrogens is 279 g/mol. The third kappa shape index (κ3) is 3.20. The van der Waals surface area contributed by atoms with E-state index in [1.165, 1.54) is 13.1 Å². The molecule has 104 valence electrons. The number of benzene rings is 1. The Morgan fingerprint density at radius 3 is 2.44 bits per heavy atom. The Labute approximate surface area is 113 Å². The second-order valence-electron chi connectivity index (χ2n) is 3.99. The van der Waals surface area contributed by atoms with Gasteiger partial charge in [0, 0.05) is 19.6 Å². The van der Waals surface area contributed by atoms with E-state index < -0.39 is 15.8 Å². The minimum absolute atomic E-state index is 0. The summed E-state index contributed by atoms with van der Waals surface area (Å²) in [5.41, 5.74) is 5.81. The molecule has 0 saturated carbocycles. The molecule has 0 saturated heterocycles. The zero-order valence-electron chi connectivity index (χ0n) is 10.6. The van der Waals surface area contributed by atoms with Gasteiger partial charge in [-0.3, -0.25) is 0 Å². The average molecular weight is 297 g/mol. The van der Waals surface area contributed by atoms with Gasteiger partial charge in [0.15, 0.2) is 0 Å². The van der Waals surface area contributed by atoms with Crippen LogP contribution in [0.4, 0.5) is 4.39 Å². The molecule has 0 fully saturated rings. The van der Waals surface area contributed by atoms with Crippen LogP contribution in [0.1, 0.15) is 12.5 Å². The highest BCUT2D eigenvalue weighted by molar-refractivity contribution is 7.89. The first-order valence-electron chi connectivity index (χ1n) is 5.25. The predicted molar refractivity (Wildman–Crippen MR) is 71.9 cm³/mol. The lowest BCUT2D eigenvalue weighted by Crippen LogP contribution is -2.40. The summed E-state index contributed by atoms with van der Waals surface area (Å²) in [6.45, 7) is 3.42. The summed E-state index contributed by atoms with van der Waals surface area (Å²) in [5, 5.41) is 0. The molecule has 0 aliphatic carbocycles. The lowest BCUT2D eigenvalue weighted by Gasteiger charge is -2.24. The van der Waals surface area contributed by atoms with Gasteiger partial charge in [0.25, 0.3) is 0 Å². The van der Waals surface area contributed by atoms with Crippen molar-refractivity contribution in [3.05, 3.63) is 29.6 Å². The van der Waals surface area contributed by atoms with E-state index in [-0.39, 0.29) is 29.9 Å². The van der Waals surface area contributed by atoms with Crippen LogP contribution in [0.5, 0.6) is 0 Å². The number of sulfonamides is 1. The standard InChI is InChI=1S/C11H17FN2O2S.ClH/c1-8-5-4-6-10(12)11(8)17(15,16)14(3)9(2)7-13;/h4-6,9H,7,13H2,1-3H3;1H. The molecule has 1 unspecified atom stereocenters. The molecular formula is C11H18ClFN2O2S. The Hall–Kier alpha value is -0.690. The van der Waals surface area contributed by atoms with Crippen LogP contribution in [0.3, 0.4) is 0 Å². The molecule has 2 N–H and O–H groups in total. The number of aryl methyl sites for hydroxylation is 1. The van der Waals surface area contributed by atoms with Gasteiger partial charge in [-0.2, -0.15) is 4.31 Å². The number of rotatable bonds is 4. The quantitative estimate of drug-likeness (QED) is 0.916. The summed E-state index contributed by atoms with van der Waals surface area (Å²) in [4.78, 5) is -0.275. The summed E-state index contributed by atoms with van der Waals surface area (Å²) >= 11 is 0. The van der Waals surface area contributed by atoms with Crippen LogP contribution < -0.4 is 5.73 Å². The first-order valence-corrected chi connectivity index (χ1v) is 6.69. The van der Waals surface area contributed by atoms with E-state index in [0.29, 0.717) is 5.56 Å². The number of likely N-dealkylation sites (N-methyl/N-ethyl adjacent to an activating group) is 1. The number of nitrogens with two attached hydrogens (primary N) is 1. The lowest BCUT2D eigenvalue weighted by molar-refractivity contribution is 0.391. The van der Waals surface area contributed by atoms with E-state index in [9.17, 15) is 12.8 Å². The molecule has 0 aliphatic heterocycles. The maximum atomic E-state index is 13.6. The monoisotopic (exact) mass is 296 g/mol. The summed E-state index contributed by atoms with van der Waals surface area (Å²) < 4.78 is 39.1. The fraction of sp³-hybridized carbons (Fsp3) is 0.455. The highest BCUT2D eigenvalue weighted by atomic mass is 35.5. The fourth-order valence-electron chi connectivity index (χ4n) is 1.47. The minimum Gasteiger partial charge on any atom is -0.329 e. The number of nitrogens with zero attached hydrogens (tertiary/aromatic N) is 1. The first-order chi connectivity index (χ1) is 7.82. The Morgan fingerprint density at radius 1 is 1.44 bits per heavy atom. The van der Waals surface area contributed by atoms with Gasteiger partial charge >= 0.3 is 0 Å². The minimum atomic E-state index is -3.83. The van der Waals surface area contributed by atoms with Crippen molar-refractivity contribution in [1.82, 2.24) is 4.31 Å². The number of hydrogen-bond acceptors (Lipinski definition) is 3. The second kappa shape index (κ2) is 6.47. The third-order valence-electron chi connectivity index (χ3n) is 2.76. The van der Waals surface area contributed by atoms with Gasteiger partial charge in [0.2, 0.25) is 10.0 Å². The maximum Gasteiger partial charge on any atom is 0.246 e. The van der Waals surface area contributed by atoms with Gasteiger partial charge in [0.1, 0.15) is 10.7 Å². The fourth-order valence-corrected chi connectivity index (χ4v) is 3.11.